The van der Waals surface area contributed by atoms with Crippen molar-refractivity contribution in [1.82, 2.24) is 14.3 Å². The van der Waals surface area contributed by atoms with Crippen LogP contribution in [0.2, 0.25) is 0 Å². The zero-order valence-electron chi connectivity index (χ0n) is 18.2. The Labute approximate surface area is 195 Å². The first-order chi connectivity index (χ1) is 16.2. The van der Waals surface area contributed by atoms with Gasteiger partial charge < -0.3 is 10.1 Å². The second-order valence-electron chi connectivity index (χ2n) is 7.90. The fourth-order valence-electron chi connectivity index (χ4n) is 3.67. The van der Waals surface area contributed by atoms with Crippen molar-refractivity contribution >= 4 is 15.8 Å². The molecule has 3 heterocycles. The zero-order chi connectivity index (χ0) is 24.3. The van der Waals surface area contributed by atoms with Crippen molar-refractivity contribution < 1.29 is 21.9 Å². The smallest absolute Gasteiger partial charge is 0.211 e. The lowest BCUT2D eigenvalue weighted by atomic mass is 10.1. The summed E-state index contributed by atoms with van der Waals surface area (Å²) in [6, 6.07) is 8.78. The minimum Gasteiger partial charge on any atom is -0.454 e. The molecule has 1 aliphatic heterocycles. The van der Waals surface area contributed by atoms with Crippen LogP contribution in [0, 0.1) is 23.0 Å². The van der Waals surface area contributed by atoms with Gasteiger partial charge in [0.1, 0.15) is 23.4 Å². The summed E-state index contributed by atoms with van der Waals surface area (Å²) in [6.07, 6.45) is 6.80. The van der Waals surface area contributed by atoms with E-state index in [1.54, 1.807) is 6.07 Å². The molecule has 3 aromatic rings. The van der Waals surface area contributed by atoms with E-state index in [1.165, 1.54) is 41.3 Å². The molecule has 34 heavy (non-hydrogen) atoms. The lowest BCUT2D eigenvalue weighted by molar-refractivity contribution is 0.331. The van der Waals surface area contributed by atoms with Crippen LogP contribution < -0.4 is 10.1 Å². The fourth-order valence-corrected chi connectivity index (χ4v) is 4.55. The summed E-state index contributed by atoms with van der Waals surface area (Å²) in [7, 11) is -3.21. The molecule has 1 N–H and O–H groups in total. The van der Waals surface area contributed by atoms with Gasteiger partial charge in [0.15, 0.2) is 11.6 Å². The van der Waals surface area contributed by atoms with Gasteiger partial charge in [0, 0.05) is 37.0 Å². The molecule has 8 nitrogen and oxygen atoms in total. The summed E-state index contributed by atoms with van der Waals surface area (Å²) < 4.78 is 57.4. The van der Waals surface area contributed by atoms with E-state index in [-0.39, 0.29) is 11.6 Å². The molecule has 0 aliphatic carbocycles. The van der Waals surface area contributed by atoms with Crippen molar-refractivity contribution in [3.63, 3.8) is 0 Å². The Morgan fingerprint density at radius 2 is 1.79 bits per heavy atom. The van der Waals surface area contributed by atoms with E-state index in [1.807, 2.05) is 0 Å². The van der Waals surface area contributed by atoms with E-state index in [2.05, 4.69) is 21.4 Å². The Kier molecular flexibility index (Phi) is 6.72. The van der Waals surface area contributed by atoms with E-state index in [0.29, 0.717) is 54.4 Å². The Morgan fingerprint density at radius 3 is 2.47 bits per heavy atom. The van der Waals surface area contributed by atoms with Crippen molar-refractivity contribution in [3.05, 3.63) is 66.1 Å². The summed E-state index contributed by atoms with van der Waals surface area (Å²) in [4.78, 5) is 8.39. The number of ether oxygens (including phenoxy) is 1. The number of hydrogen-bond donors (Lipinski definition) is 1. The van der Waals surface area contributed by atoms with Gasteiger partial charge in [-0.25, -0.2) is 26.5 Å². The highest BCUT2D eigenvalue weighted by Crippen LogP contribution is 2.29. The number of halogens is 2. The molecule has 1 aromatic carbocycles. The maximum atomic E-state index is 13.6. The number of anilines is 1. The van der Waals surface area contributed by atoms with Gasteiger partial charge in [0.25, 0.3) is 0 Å². The topological polar surface area (TPSA) is 108 Å². The summed E-state index contributed by atoms with van der Waals surface area (Å²) in [5.74, 6) is -0.869. The lowest BCUT2D eigenvalue weighted by Crippen LogP contribution is -2.42. The number of benzene rings is 1. The van der Waals surface area contributed by atoms with Crippen LogP contribution in [-0.4, -0.2) is 48.1 Å². The predicted octanol–water partition coefficient (Wildman–Crippen LogP) is 3.92. The van der Waals surface area contributed by atoms with Gasteiger partial charge in [-0.05, 0) is 36.6 Å². The van der Waals surface area contributed by atoms with Crippen molar-refractivity contribution in [2.24, 2.45) is 0 Å². The Morgan fingerprint density at radius 1 is 1.06 bits per heavy atom. The number of nitriles is 1. The molecule has 0 amide bonds. The first-order valence-electron chi connectivity index (χ1n) is 10.4. The van der Waals surface area contributed by atoms with Crippen molar-refractivity contribution in [1.29, 1.82) is 5.26 Å². The highest BCUT2D eigenvalue weighted by molar-refractivity contribution is 7.88. The third-order valence-electron chi connectivity index (χ3n) is 5.45. The quantitative estimate of drug-likeness (QED) is 0.564. The number of hydrogen-bond acceptors (Lipinski definition) is 7. The van der Waals surface area contributed by atoms with E-state index in [0.717, 1.165) is 12.1 Å². The number of pyridine rings is 2. The largest absolute Gasteiger partial charge is 0.454 e. The number of piperidine rings is 1. The monoisotopic (exact) mass is 485 g/mol. The van der Waals surface area contributed by atoms with Gasteiger partial charge in [0.05, 0.1) is 24.2 Å². The summed E-state index contributed by atoms with van der Waals surface area (Å²) in [6.45, 7) is 0.807. The average Bonchev–Trinajstić information content (AvgIpc) is 2.82. The number of aromatic nitrogens is 2. The van der Waals surface area contributed by atoms with Crippen LogP contribution in [0.4, 0.5) is 14.6 Å². The maximum absolute atomic E-state index is 13.6. The Hall–Kier alpha value is -3.62. The number of nitrogens with one attached hydrogen (secondary N) is 1. The molecule has 0 unspecified atom stereocenters. The van der Waals surface area contributed by atoms with Crippen LogP contribution >= 0.6 is 0 Å². The first kappa shape index (κ1) is 23.5. The van der Waals surface area contributed by atoms with Gasteiger partial charge >= 0.3 is 0 Å². The summed E-state index contributed by atoms with van der Waals surface area (Å²) in [5.41, 5.74) is 1.24. The summed E-state index contributed by atoms with van der Waals surface area (Å²) >= 11 is 0. The third kappa shape index (κ3) is 5.47. The van der Waals surface area contributed by atoms with E-state index >= 15 is 0 Å². The molecule has 11 heteroatoms. The van der Waals surface area contributed by atoms with Gasteiger partial charge in [-0.1, -0.05) is 6.07 Å². The molecule has 0 saturated carbocycles. The van der Waals surface area contributed by atoms with Crippen LogP contribution in [0.25, 0.3) is 11.1 Å². The molecular formula is C23H21F2N5O3S. The van der Waals surface area contributed by atoms with Crippen LogP contribution in [0.5, 0.6) is 11.5 Å². The van der Waals surface area contributed by atoms with Crippen LogP contribution in [0.3, 0.4) is 0 Å². The standard InChI is InChI=1S/C23H21F2N5O3S/c1-34(31,32)30-6-4-18(5-7-30)29-23-16(11-26)8-20(14-28-23)33-19-9-17(12-27-13-19)15-2-3-21(24)22(25)10-15/h2-3,8-10,12-14,18H,4-7H2,1H3,(H,28,29). The summed E-state index contributed by atoms with van der Waals surface area (Å²) in [5, 5.41) is 12.8. The van der Waals surface area contributed by atoms with Gasteiger partial charge in [-0.2, -0.15) is 5.26 Å². The second-order valence-corrected chi connectivity index (χ2v) is 9.88. The fraction of sp³-hybridized carbons (Fsp3) is 0.261. The highest BCUT2D eigenvalue weighted by atomic mass is 32.2. The second kappa shape index (κ2) is 9.70. The molecule has 2 aromatic heterocycles. The van der Waals surface area contributed by atoms with Gasteiger partial charge in [-0.3, -0.25) is 4.98 Å². The van der Waals surface area contributed by atoms with Gasteiger partial charge in [-0.15, -0.1) is 0 Å². The molecular weight excluding hydrogens is 464 g/mol. The zero-order valence-corrected chi connectivity index (χ0v) is 19.0. The third-order valence-corrected chi connectivity index (χ3v) is 6.75. The van der Waals surface area contributed by atoms with Crippen molar-refractivity contribution in [2.45, 2.75) is 18.9 Å². The Bertz CT molecular complexity index is 1350. The van der Waals surface area contributed by atoms with E-state index < -0.39 is 21.7 Å². The lowest BCUT2D eigenvalue weighted by Gasteiger charge is -2.31. The van der Waals surface area contributed by atoms with E-state index in [9.17, 15) is 22.5 Å². The Balaban J connectivity index is 1.46. The molecule has 1 saturated heterocycles. The molecule has 0 spiro atoms. The average molecular weight is 486 g/mol. The normalized spacial score (nSPS) is 15.0. The van der Waals surface area contributed by atoms with Crippen LogP contribution in [0.1, 0.15) is 18.4 Å². The number of sulfonamides is 1. The molecule has 1 fully saturated rings. The first-order valence-corrected chi connectivity index (χ1v) is 12.3. The van der Waals surface area contributed by atoms with Crippen LogP contribution in [0.15, 0.2) is 48.9 Å². The van der Waals surface area contributed by atoms with Crippen LogP contribution in [-0.2, 0) is 10.0 Å². The molecule has 0 atom stereocenters. The minimum absolute atomic E-state index is 0.0126. The highest BCUT2D eigenvalue weighted by Gasteiger charge is 2.25. The van der Waals surface area contributed by atoms with Gasteiger partial charge in [0.2, 0.25) is 10.0 Å². The molecule has 0 radical (unpaired) electrons. The number of rotatable bonds is 6. The predicted molar refractivity (Wildman–Crippen MR) is 122 cm³/mol. The maximum Gasteiger partial charge on any atom is 0.211 e. The molecule has 176 valence electrons. The SMILES string of the molecule is CS(=O)(=O)N1CCC(Nc2ncc(Oc3cncc(-c4ccc(F)c(F)c4)c3)cc2C#N)CC1. The molecule has 1 aliphatic rings. The van der Waals surface area contributed by atoms with Crippen molar-refractivity contribution in [2.75, 3.05) is 24.7 Å². The molecule has 4 rings (SSSR count). The van der Waals surface area contributed by atoms with E-state index in [4.69, 9.17) is 4.74 Å². The number of nitrogens with zero attached hydrogens (tertiary/aromatic N) is 4. The minimum atomic E-state index is -3.21. The van der Waals surface area contributed by atoms with Crippen molar-refractivity contribution in [3.8, 4) is 28.7 Å². The molecule has 0 bridgehead atoms.